The molecule has 1 aliphatic heterocycles. The number of hydrogen-bond acceptors (Lipinski definition) is 4. The summed E-state index contributed by atoms with van der Waals surface area (Å²) < 4.78 is 26.3. The van der Waals surface area contributed by atoms with Gasteiger partial charge in [-0.25, -0.2) is 8.42 Å². The molecule has 2 N–H and O–H groups in total. The molecule has 0 saturated carbocycles. The van der Waals surface area contributed by atoms with E-state index in [9.17, 15) is 13.2 Å². The molecule has 2 aromatic rings. The van der Waals surface area contributed by atoms with Gasteiger partial charge in [0.05, 0.1) is 4.90 Å². The van der Waals surface area contributed by atoms with Gasteiger partial charge in [0.25, 0.3) is 10.0 Å². The standard InChI is InChI=1S/C17H13N3O3S/c1-2-12-6-5-7-13(10-12)19-16(21)11-18-17-14-8-3-4-9-15(14)24(22,23)20-17/h1,3-10H,11H2,(H,18,20)(H,19,21). The van der Waals surface area contributed by atoms with Gasteiger partial charge in [-0.1, -0.05) is 24.1 Å². The predicted octanol–water partition coefficient (Wildman–Crippen LogP) is 1.35. The number of rotatable bonds is 3. The van der Waals surface area contributed by atoms with Gasteiger partial charge in [-0.05, 0) is 30.3 Å². The second kappa shape index (κ2) is 6.18. The Bertz CT molecular complexity index is 988. The lowest BCUT2D eigenvalue weighted by Gasteiger charge is -2.04. The zero-order valence-corrected chi connectivity index (χ0v) is 13.3. The van der Waals surface area contributed by atoms with Crippen LogP contribution in [0.25, 0.3) is 0 Å². The molecule has 0 spiro atoms. The number of nitrogens with zero attached hydrogens (tertiary/aromatic N) is 1. The largest absolute Gasteiger partial charge is 0.324 e. The SMILES string of the molecule is C#Cc1cccc(NC(=O)CN=C2NS(=O)(=O)c3ccccc32)c1. The fourth-order valence-corrected chi connectivity index (χ4v) is 3.54. The number of amidine groups is 1. The van der Waals surface area contributed by atoms with Crippen LogP contribution in [0.3, 0.4) is 0 Å². The van der Waals surface area contributed by atoms with Gasteiger partial charge in [0.15, 0.2) is 0 Å². The quantitative estimate of drug-likeness (QED) is 0.828. The van der Waals surface area contributed by atoms with Crippen LogP contribution in [0.5, 0.6) is 0 Å². The zero-order valence-electron chi connectivity index (χ0n) is 12.5. The summed E-state index contributed by atoms with van der Waals surface area (Å²) in [5, 5.41) is 2.67. The number of sulfonamides is 1. The van der Waals surface area contributed by atoms with Gasteiger partial charge in [0.1, 0.15) is 12.4 Å². The molecule has 1 aliphatic rings. The van der Waals surface area contributed by atoms with Crippen LogP contribution in [0.2, 0.25) is 0 Å². The summed E-state index contributed by atoms with van der Waals surface area (Å²) in [6, 6.07) is 13.3. The number of hydrogen-bond donors (Lipinski definition) is 2. The maximum Gasteiger partial charge on any atom is 0.263 e. The first kappa shape index (κ1) is 15.8. The molecule has 0 bridgehead atoms. The van der Waals surface area contributed by atoms with E-state index in [1.54, 1.807) is 42.5 Å². The molecule has 7 heteroatoms. The minimum atomic E-state index is -3.61. The first-order valence-corrected chi connectivity index (χ1v) is 8.51. The fraction of sp³-hybridized carbons (Fsp3) is 0.0588. The molecular weight excluding hydrogens is 326 g/mol. The van der Waals surface area contributed by atoms with E-state index >= 15 is 0 Å². The molecular formula is C17H13N3O3S. The molecule has 0 fully saturated rings. The lowest BCUT2D eigenvalue weighted by molar-refractivity contribution is -0.114. The molecule has 3 rings (SSSR count). The van der Waals surface area contributed by atoms with Crippen LogP contribution in [-0.4, -0.2) is 26.7 Å². The van der Waals surface area contributed by atoms with E-state index in [0.29, 0.717) is 16.8 Å². The van der Waals surface area contributed by atoms with Crippen LogP contribution in [0, 0.1) is 12.3 Å². The van der Waals surface area contributed by atoms with E-state index in [2.05, 4.69) is 21.0 Å². The maximum atomic E-state index is 12.0. The van der Waals surface area contributed by atoms with Crippen molar-refractivity contribution in [3.63, 3.8) is 0 Å². The lowest BCUT2D eigenvalue weighted by Crippen LogP contribution is -2.24. The summed E-state index contributed by atoms with van der Waals surface area (Å²) in [6.45, 7) is -0.216. The Morgan fingerprint density at radius 2 is 2.00 bits per heavy atom. The number of terminal acetylenes is 1. The highest BCUT2D eigenvalue weighted by Gasteiger charge is 2.30. The Balaban J connectivity index is 1.75. The Hall–Kier alpha value is -3.11. The Morgan fingerprint density at radius 1 is 1.21 bits per heavy atom. The third-order valence-electron chi connectivity index (χ3n) is 3.36. The van der Waals surface area contributed by atoms with Crippen molar-refractivity contribution in [3.8, 4) is 12.3 Å². The summed E-state index contributed by atoms with van der Waals surface area (Å²) in [7, 11) is -3.61. The highest BCUT2D eigenvalue weighted by atomic mass is 32.2. The number of carbonyl (C=O) groups is 1. The summed E-state index contributed by atoms with van der Waals surface area (Å²) in [5.74, 6) is 2.27. The van der Waals surface area contributed by atoms with Gasteiger partial charge in [0.2, 0.25) is 5.91 Å². The molecule has 0 aliphatic carbocycles. The van der Waals surface area contributed by atoms with Gasteiger partial charge in [-0.15, -0.1) is 6.42 Å². The van der Waals surface area contributed by atoms with Crippen molar-refractivity contribution in [2.24, 2.45) is 4.99 Å². The van der Waals surface area contributed by atoms with Crippen molar-refractivity contribution in [2.45, 2.75) is 4.90 Å². The van der Waals surface area contributed by atoms with Crippen LogP contribution in [0.1, 0.15) is 11.1 Å². The van der Waals surface area contributed by atoms with Crippen LogP contribution in [0.15, 0.2) is 58.4 Å². The normalized spacial score (nSPS) is 16.0. The second-order valence-corrected chi connectivity index (χ2v) is 6.69. The van der Waals surface area contributed by atoms with E-state index in [4.69, 9.17) is 6.42 Å². The van der Waals surface area contributed by atoms with Crippen molar-refractivity contribution >= 4 is 27.5 Å². The van der Waals surface area contributed by atoms with E-state index in [-0.39, 0.29) is 23.2 Å². The predicted molar refractivity (Wildman–Crippen MR) is 91.2 cm³/mol. The van der Waals surface area contributed by atoms with Gasteiger partial charge in [-0.2, -0.15) is 0 Å². The number of fused-ring (bicyclic) bond motifs is 1. The number of nitrogens with one attached hydrogen (secondary N) is 2. The molecule has 6 nitrogen and oxygen atoms in total. The maximum absolute atomic E-state index is 12.0. The third kappa shape index (κ3) is 3.14. The smallest absolute Gasteiger partial charge is 0.263 e. The summed E-state index contributed by atoms with van der Waals surface area (Å²) in [4.78, 5) is 16.2. The number of amides is 1. The minimum Gasteiger partial charge on any atom is -0.324 e. The topological polar surface area (TPSA) is 87.6 Å². The summed E-state index contributed by atoms with van der Waals surface area (Å²) in [6.07, 6.45) is 5.31. The van der Waals surface area contributed by atoms with E-state index < -0.39 is 10.0 Å². The van der Waals surface area contributed by atoms with Crippen molar-refractivity contribution in [1.82, 2.24) is 4.72 Å². The van der Waals surface area contributed by atoms with Gasteiger partial charge >= 0.3 is 0 Å². The third-order valence-corrected chi connectivity index (χ3v) is 4.75. The molecule has 0 atom stereocenters. The number of anilines is 1. The molecule has 0 saturated heterocycles. The first-order chi connectivity index (χ1) is 11.5. The first-order valence-electron chi connectivity index (χ1n) is 7.03. The van der Waals surface area contributed by atoms with Crippen LogP contribution >= 0.6 is 0 Å². The van der Waals surface area contributed by atoms with Crippen LogP contribution in [0.4, 0.5) is 5.69 Å². The molecule has 1 amide bonds. The molecule has 2 aromatic carbocycles. The van der Waals surface area contributed by atoms with Gasteiger partial charge in [-0.3, -0.25) is 14.5 Å². The summed E-state index contributed by atoms with van der Waals surface area (Å²) in [5.41, 5.74) is 1.67. The van der Waals surface area contributed by atoms with Gasteiger partial charge in [0, 0.05) is 16.8 Å². The number of benzene rings is 2. The van der Waals surface area contributed by atoms with E-state index in [1.807, 2.05) is 0 Å². The van der Waals surface area contributed by atoms with Crippen molar-refractivity contribution in [2.75, 3.05) is 11.9 Å². The van der Waals surface area contributed by atoms with E-state index in [1.165, 1.54) is 6.07 Å². The highest BCUT2D eigenvalue weighted by Crippen LogP contribution is 2.22. The lowest BCUT2D eigenvalue weighted by atomic mass is 10.2. The van der Waals surface area contributed by atoms with Crippen molar-refractivity contribution < 1.29 is 13.2 Å². The molecule has 120 valence electrons. The second-order valence-electron chi connectivity index (χ2n) is 5.04. The number of aliphatic imine (C=N–C) groups is 1. The summed E-state index contributed by atoms with van der Waals surface area (Å²) >= 11 is 0. The van der Waals surface area contributed by atoms with Crippen LogP contribution in [-0.2, 0) is 14.8 Å². The molecule has 1 heterocycles. The van der Waals surface area contributed by atoms with Crippen LogP contribution < -0.4 is 10.0 Å². The average molecular weight is 339 g/mol. The minimum absolute atomic E-state index is 0.158. The Morgan fingerprint density at radius 3 is 2.79 bits per heavy atom. The van der Waals surface area contributed by atoms with Gasteiger partial charge < -0.3 is 5.32 Å². The molecule has 24 heavy (non-hydrogen) atoms. The zero-order chi connectivity index (χ0) is 17.2. The van der Waals surface area contributed by atoms with Crippen molar-refractivity contribution in [1.29, 1.82) is 0 Å². The average Bonchev–Trinajstić information content (AvgIpc) is 2.84. The molecule has 0 unspecified atom stereocenters. The fourth-order valence-electron chi connectivity index (χ4n) is 2.29. The Labute approximate surface area is 139 Å². The van der Waals surface area contributed by atoms with Crippen molar-refractivity contribution in [3.05, 3.63) is 59.7 Å². The molecule has 0 radical (unpaired) electrons. The Kier molecular flexibility index (Phi) is 4.06. The highest BCUT2D eigenvalue weighted by molar-refractivity contribution is 7.90. The monoisotopic (exact) mass is 339 g/mol. The number of carbonyl (C=O) groups excluding carboxylic acids is 1. The van der Waals surface area contributed by atoms with E-state index in [0.717, 1.165) is 0 Å². The molecule has 0 aromatic heterocycles.